The van der Waals surface area contributed by atoms with Gasteiger partial charge in [0.2, 0.25) is 5.91 Å². The van der Waals surface area contributed by atoms with Crippen LogP contribution in [0.3, 0.4) is 0 Å². The van der Waals surface area contributed by atoms with Crippen LogP contribution >= 0.6 is 23.2 Å². The molecule has 0 bridgehead atoms. The van der Waals surface area contributed by atoms with Crippen molar-refractivity contribution in [2.45, 2.75) is 26.7 Å². The molecule has 1 aromatic carbocycles. The summed E-state index contributed by atoms with van der Waals surface area (Å²) in [6.45, 7) is 3.77. The average Bonchev–Trinajstić information content (AvgIpc) is 2.37. The Balaban J connectivity index is 2.45. The molecule has 0 radical (unpaired) electrons. The normalized spacial score (nSPS) is 12.2. The number of halogens is 2. The van der Waals surface area contributed by atoms with Crippen molar-refractivity contribution >= 4 is 35.1 Å². The first-order valence-electron chi connectivity index (χ1n) is 6.74. The summed E-state index contributed by atoms with van der Waals surface area (Å²) in [5, 5.41) is 12.8. The Morgan fingerprint density at radius 2 is 1.95 bits per heavy atom. The van der Waals surface area contributed by atoms with Gasteiger partial charge in [0, 0.05) is 23.0 Å². The molecule has 0 heterocycles. The summed E-state index contributed by atoms with van der Waals surface area (Å²) in [5.41, 5.74) is 0.842. The number of rotatable bonds is 7. The van der Waals surface area contributed by atoms with Gasteiger partial charge in [-0.3, -0.25) is 9.59 Å². The van der Waals surface area contributed by atoms with E-state index in [1.807, 2.05) is 13.8 Å². The van der Waals surface area contributed by atoms with Gasteiger partial charge in [-0.2, -0.15) is 0 Å². The van der Waals surface area contributed by atoms with E-state index in [2.05, 4.69) is 5.32 Å². The molecule has 1 rings (SSSR count). The summed E-state index contributed by atoms with van der Waals surface area (Å²) < 4.78 is 0. The third kappa shape index (κ3) is 5.94. The number of carboxylic acid groups (broad SMARTS) is 1. The van der Waals surface area contributed by atoms with Crippen LogP contribution in [0.15, 0.2) is 18.2 Å². The van der Waals surface area contributed by atoms with E-state index >= 15 is 0 Å². The minimum atomic E-state index is -0.897. The van der Waals surface area contributed by atoms with Crippen LogP contribution < -0.4 is 5.32 Å². The van der Waals surface area contributed by atoms with Crippen molar-refractivity contribution in [3.63, 3.8) is 0 Å². The Morgan fingerprint density at radius 3 is 2.48 bits per heavy atom. The maximum Gasteiger partial charge on any atom is 0.308 e. The molecule has 1 aromatic rings. The van der Waals surface area contributed by atoms with Gasteiger partial charge < -0.3 is 10.4 Å². The van der Waals surface area contributed by atoms with Crippen LogP contribution in [-0.4, -0.2) is 23.5 Å². The fourth-order valence-corrected chi connectivity index (χ4v) is 2.40. The van der Waals surface area contributed by atoms with Gasteiger partial charge in [0.15, 0.2) is 0 Å². The summed E-state index contributed by atoms with van der Waals surface area (Å²) in [4.78, 5) is 22.8. The molecule has 0 aliphatic rings. The second-order valence-corrected chi connectivity index (χ2v) is 6.07. The molecule has 1 atom stereocenters. The third-order valence-electron chi connectivity index (χ3n) is 3.28. The molecule has 1 unspecified atom stereocenters. The van der Waals surface area contributed by atoms with Gasteiger partial charge in [-0.25, -0.2) is 0 Å². The molecule has 0 spiro atoms. The standard InChI is InChI=1S/C15H19Cl2NO3/c1-9(2)12(15(20)21)8-18-14(19)6-4-10-3-5-11(16)7-13(10)17/h3,5,7,9,12H,4,6,8H2,1-2H3,(H,18,19)(H,20,21). The highest BCUT2D eigenvalue weighted by Crippen LogP contribution is 2.22. The fourth-order valence-electron chi connectivity index (χ4n) is 1.89. The molecule has 0 aliphatic heterocycles. The molecule has 0 aliphatic carbocycles. The second kappa shape index (κ2) is 8.25. The van der Waals surface area contributed by atoms with Gasteiger partial charge >= 0.3 is 5.97 Å². The summed E-state index contributed by atoms with van der Waals surface area (Å²) in [5.74, 6) is -1.69. The van der Waals surface area contributed by atoms with E-state index in [1.165, 1.54) is 0 Å². The first kappa shape index (κ1) is 17.8. The molecule has 0 fully saturated rings. The third-order valence-corrected chi connectivity index (χ3v) is 3.86. The molecule has 21 heavy (non-hydrogen) atoms. The van der Waals surface area contributed by atoms with Gasteiger partial charge in [0.1, 0.15) is 0 Å². The fraction of sp³-hybridized carbons (Fsp3) is 0.467. The van der Waals surface area contributed by atoms with E-state index in [9.17, 15) is 9.59 Å². The van der Waals surface area contributed by atoms with E-state index in [1.54, 1.807) is 18.2 Å². The highest BCUT2D eigenvalue weighted by Gasteiger charge is 2.21. The van der Waals surface area contributed by atoms with Gasteiger partial charge in [-0.05, 0) is 30.0 Å². The van der Waals surface area contributed by atoms with Gasteiger partial charge in [-0.15, -0.1) is 0 Å². The second-order valence-electron chi connectivity index (χ2n) is 5.23. The Bertz CT molecular complexity index is 518. The largest absolute Gasteiger partial charge is 0.481 e. The topological polar surface area (TPSA) is 66.4 Å². The number of hydrogen-bond donors (Lipinski definition) is 2. The summed E-state index contributed by atoms with van der Waals surface area (Å²) in [6, 6.07) is 5.14. The van der Waals surface area contributed by atoms with Gasteiger partial charge in [0.05, 0.1) is 5.92 Å². The summed E-state index contributed by atoms with van der Waals surface area (Å²) in [7, 11) is 0. The van der Waals surface area contributed by atoms with Crippen LogP contribution in [-0.2, 0) is 16.0 Å². The minimum absolute atomic E-state index is 0.0338. The number of carbonyl (C=O) groups excluding carboxylic acids is 1. The zero-order valence-electron chi connectivity index (χ0n) is 12.0. The first-order valence-corrected chi connectivity index (χ1v) is 7.50. The quantitative estimate of drug-likeness (QED) is 0.804. The molecule has 116 valence electrons. The SMILES string of the molecule is CC(C)C(CNC(=O)CCc1ccc(Cl)cc1Cl)C(=O)O. The first-order chi connectivity index (χ1) is 9.81. The van der Waals surface area contributed by atoms with Crippen LogP contribution in [0.4, 0.5) is 0 Å². The lowest BCUT2D eigenvalue weighted by Gasteiger charge is -2.16. The maximum atomic E-state index is 11.8. The van der Waals surface area contributed by atoms with Crippen LogP contribution in [0.25, 0.3) is 0 Å². The van der Waals surface area contributed by atoms with E-state index in [0.29, 0.717) is 16.5 Å². The molecule has 4 nitrogen and oxygen atoms in total. The molecular weight excluding hydrogens is 313 g/mol. The number of benzene rings is 1. The van der Waals surface area contributed by atoms with Crippen LogP contribution in [0.1, 0.15) is 25.8 Å². The van der Waals surface area contributed by atoms with Crippen LogP contribution in [0, 0.1) is 11.8 Å². The van der Waals surface area contributed by atoms with Crippen LogP contribution in [0.5, 0.6) is 0 Å². The lowest BCUT2D eigenvalue weighted by Crippen LogP contribution is -2.35. The zero-order chi connectivity index (χ0) is 16.0. The predicted octanol–water partition coefficient (Wildman–Crippen LogP) is 3.40. The minimum Gasteiger partial charge on any atom is -0.481 e. The Hall–Kier alpha value is -1.26. The van der Waals surface area contributed by atoms with Crippen molar-refractivity contribution in [1.82, 2.24) is 5.32 Å². The number of aliphatic carboxylic acids is 1. The van der Waals surface area contributed by atoms with Crippen LogP contribution in [0.2, 0.25) is 10.0 Å². The van der Waals surface area contributed by atoms with E-state index in [-0.39, 0.29) is 24.8 Å². The molecule has 0 aromatic heterocycles. The van der Waals surface area contributed by atoms with Crippen molar-refractivity contribution in [1.29, 1.82) is 0 Å². The highest BCUT2D eigenvalue weighted by atomic mass is 35.5. The average molecular weight is 332 g/mol. The van der Waals surface area contributed by atoms with Crippen molar-refractivity contribution in [3.8, 4) is 0 Å². The summed E-state index contributed by atoms with van der Waals surface area (Å²) in [6.07, 6.45) is 0.743. The molecule has 6 heteroatoms. The Kier molecular flexibility index (Phi) is 6.99. The Labute approximate surface area is 134 Å². The monoisotopic (exact) mass is 331 g/mol. The lowest BCUT2D eigenvalue weighted by molar-refractivity contribution is -0.143. The molecule has 2 N–H and O–H groups in total. The van der Waals surface area contributed by atoms with E-state index in [4.69, 9.17) is 28.3 Å². The molecule has 1 amide bonds. The Morgan fingerprint density at radius 1 is 1.29 bits per heavy atom. The number of hydrogen-bond acceptors (Lipinski definition) is 2. The number of carboxylic acids is 1. The zero-order valence-corrected chi connectivity index (χ0v) is 13.5. The smallest absolute Gasteiger partial charge is 0.308 e. The number of carbonyl (C=O) groups is 2. The van der Waals surface area contributed by atoms with Crippen molar-refractivity contribution < 1.29 is 14.7 Å². The number of aryl methyl sites for hydroxylation is 1. The number of nitrogens with one attached hydrogen (secondary N) is 1. The lowest BCUT2D eigenvalue weighted by atomic mass is 9.96. The number of amides is 1. The van der Waals surface area contributed by atoms with Gasteiger partial charge in [0.25, 0.3) is 0 Å². The molecule has 0 saturated heterocycles. The van der Waals surface area contributed by atoms with E-state index < -0.39 is 11.9 Å². The predicted molar refractivity (Wildman–Crippen MR) is 83.8 cm³/mol. The molecular formula is C15H19Cl2NO3. The van der Waals surface area contributed by atoms with Crippen molar-refractivity contribution in [3.05, 3.63) is 33.8 Å². The summed E-state index contributed by atoms with van der Waals surface area (Å²) >= 11 is 11.8. The highest BCUT2D eigenvalue weighted by molar-refractivity contribution is 6.35. The van der Waals surface area contributed by atoms with E-state index in [0.717, 1.165) is 5.56 Å². The van der Waals surface area contributed by atoms with Gasteiger partial charge in [-0.1, -0.05) is 43.1 Å². The molecule has 0 saturated carbocycles. The van der Waals surface area contributed by atoms with Crippen molar-refractivity contribution in [2.75, 3.05) is 6.54 Å². The van der Waals surface area contributed by atoms with Crippen molar-refractivity contribution in [2.24, 2.45) is 11.8 Å². The maximum absolute atomic E-state index is 11.8.